The van der Waals surface area contributed by atoms with E-state index in [4.69, 9.17) is 0 Å². The minimum Gasteiger partial charge on any atom is -0.371 e. The Labute approximate surface area is 187 Å². The zero-order valence-electron chi connectivity index (χ0n) is 16.7. The van der Waals surface area contributed by atoms with Crippen molar-refractivity contribution in [3.63, 3.8) is 0 Å². The third kappa shape index (κ3) is 5.08. The fourth-order valence-corrected chi connectivity index (χ4v) is 3.87. The van der Waals surface area contributed by atoms with Crippen molar-refractivity contribution in [3.05, 3.63) is 74.5 Å². The van der Waals surface area contributed by atoms with Crippen molar-refractivity contribution in [1.82, 2.24) is 14.8 Å². The second kappa shape index (κ2) is 9.25. The van der Waals surface area contributed by atoms with Crippen LogP contribution in [0.25, 0.3) is 0 Å². The minimum absolute atomic E-state index is 0.125. The molecule has 0 radical (unpaired) electrons. The van der Waals surface area contributed by atoms with E-state index in [0.717, 1.165) is 42.4 Å². The molecule has 2 heterocycles. The van der Waals surface area contributed by atoms with E-state index < -0.39 is 10.8 Å². The second-order valence-electron chi connectivity index (χ2n) is 7.35. The molecule has 0 unspecified atom stereocenters. The predicted molar refractivity (Wildman–Crippen MR) is 120 cm³/mol. The van der Waals surface area contributed by atoms with E-state index in [2.05, 4.69) is 36.2 Å². The first-order chi connectivity index (χ1) is 15.0. The van der Waals surface area contributed by atoms with Crippen LogP contribution >= 0.6 is 15.9 Å². The lowest BCUT2D eigenvalue weighted by Gasteiger charge is -2.30. The summed E-state index contributed by atoms with van der Waals surface area (Å²) < 4.78 is 2.61. The van der Waals surface area contributed by atoms with Gasteiger partial charge in [0.15, 0.2) is 0 Å². The van der Waals surface area contributed by atoms with Crippen LogP contribution in [0.3, 0.4) is 0 Å². The summed E-state index contributed by atoms with van der Waals surface area (Å²) in [6, 6.07) is 12.2. The number of piperidine rings is 1. The first-order valence-electron chi connectivity index (χ1n) is 9.98. The van der Waals surface area contributed by atoms with Crippen LogP contribution < -0.4 is 10.2 Å². The van der Waals surface area contributed by atoms with E-state index in [-0.39, 0.29) is 17.2 Å². The topological polar surface area (TPSA) is 106 Å². The molecule has 31 heavy (non-hydrogen) atoms. The van der Waals surface area contributed by atoms with Crippen LogP contribution in [0.15, 0.2) is 53.3 Å². The average Bonchev–Trinajstić information content (AvgIpc) is 3.22. The number of rotatable bonds is 6. The molecule has 4 rings (SSSR count). The van der Waals surface area contributed by atoms with E-state index >= 15 is 0 Å². The first-order valence-corrected chi connectivity index (χ1v) is 10.8. The van der Waals surface area contributed by atoms with E-state index in [1.165, 1.54) is 18.5 Å². The number of amides is 1. The Kier molecular flexibility index (Phi) is 6.26. The van der Waals surface area contributed by atoms with Gasteiger partial charge in [-0.05, 0) is 43.0 Å². The number of nitrogens with one attached hydrogen (secondary N) is 1. The number of nitrogens with zero attached hydrogens (tertiary/aromatic N) is 5. The number of aromatic nitrogens is 3. The van der Waals surface area contributed by atoms with E-state index in [9.17, 15) is 14.9 Å². The molecule has 1 saturated heterocycles. The summed E-state index contributed by atoms with van der Waals surface area (Å²) in [4.78, 5) is 30.0. The quantitative estimate of drug-likeness (QED) is 0.414. The lowest BCUT2D eigenvalue weighted by molar-refractivity contribution is -0.384. The van der Waals surface area contributed by atoms with E-state index in [0.29, 0.717) is 12.2 Å². The van der Waals surface area contributed by atoms with Gasteiger partial charge in [-0.3, -0.25) is 20.2 Å². The SMILES string of the molecule is O=C(Nc1ncn(Cc2ccc(Br)cc2)n1)c1cc([N+](=O)[O-])ccc1N1CCCCC1. The maximum absolute atomic E-state index is 13.0. The van der Waals surface area contributed by atoms with Crippen LogP contribution in [0.1, 0.15) is 35.2 Å². The number of carbonyl (C=O) groups excluding carboxylic acids is 1. The molecule has 1 amide bonds. The van der Waals surface area contributed by atoms with Crippen molar-refractivity contribution in [2.45, 2.75) is 25.8 Å². The average molecular weight is 485 g/mol. The van der Waals surface area contributed by atoms with Crippen molar-refractivity contribution in [3.8, 4) is 0 Å². The Morgan fingerprint density at radius 1 is 1.13 bits per heavy atom. The van der Waals surface area contributed by atoms with Gasteiger partial charge in [-0.2, -0.15) is 0 Å². The molecule has 0 bridgehead atoms. The molecule has 1 aliphatic rings. The molecule has 0 atom stereocenters. The lowest BCUT2D eigenvalue weighted by atomic mass is 10.1. The number of carbonyl (C=O) groups is 1. The number of nitro benzene ring substituents is 1. The number of benzene rings is 2. The number of nitro groups is 1. The second-order valence-corrected chi connectivity index (χ2v) is 8.27. The molecule has 2 aromatic carbocycles. The lowest BCUT2D eigenvalue weighted by Crippen LogP contribution is -2.31. The molecular formula is C21H21BrN6O3. The van der Waals surface area contributed by atoms with Gasteiger partial charge in [0.25, 0.3) is 11.6 Å². The summed E-state index contributed by atoms with van der Waals surface area (Å²) in [5.74, 6) is -0.316. The Morgan fingerprint density at radius 3 is 2.58 bits per heavy atom. The van der Waals surface area contributed by atoms with Crippen molar-refractivity contribution in [1.29, 1.82) is 0 Å². The molecule has 1 aliphatic heterocycles. The smallest absolute Gasteiger partial charge is 0.270 e. The number of hydrogen-bond donors (Lipinski definition) is 1. The fourth-order valence-electron chi connectivity index (χ4n) is 3.60. The third-order valence-corrected chi connectivity index (χ3v) is 5.68. The number of anilines is 2. The van der Waals surface area contributed by atoms with Crippen LogP contribution in [0.4, 0.5) is 17.3 Å². The highest BCUT2D eigenvalue weighted by molar-refractivity contribution is 9.10. The molecular weight excluding hydrogens is 464 g/mol. The number of non-ortho nitro benzene ring substituents is 1. The number of hydrogen-bond acceptors (Lipinski definition) is 6. The molecule has 1 fully saturated rings. The summed E-state index contributed by atoms with van der Waals surface area (Å²) in [5.41, 5.74) is 1.86. The Morgan fingerprint density at radius 2 is 1.87 bits per heavy atom. The summed E-state index contributed by atoms with van der Waals surface area (Å²) in [7, 11) is 0. The highest BCUT2D eigenvalue weighted by Gasteiger charge is 2.22. The van der Waals surface area contributed by atoms with Crippen LogP contribution in [-0.2, 0) is 6.54 Å². The van der Waals surface area contributed by atoms with Gasteiger partial charge in [-0.15, -0.1) is 5.10 Å². The fraction of sp³-hybridized carbons (Fsp3) is 0.286. The zero-order chi connectivity index (χ0) is 21.8. The van der Waals surface area contributed by atoms with Crippen molar-refractivity contribution < 1.29 is 9.72 Å². The number of halogens is 1. The van der Waals surface area contributed by atoms with E-state index in [1.807, 2.05) is 24.3 Å². The normalized spacial score (nSPS) is 13.8. The molecule has 0 aliphatic carbocycles. The Bertz CT molecular complexity index is 1090. The largest absolute Gasteiger partial charge is 0.371 e. The maximum atomic E-state index is 13.0. The monoisotopic (exact) mass is 484 g/mol. The van der Waals surface area contributed by atoms with Gasteiger partial charge in [-0.25, -0.2) is 9.67 Å². The van der Waals surface area contributed by atoms with Gasteiger partial charge >= 0.3 is 0 Å². The van der Waals surface area contributed by atoms with Crippen LogP contribution in [-0.4, -0.2) is 38.7 Å². The van der Waals surface area contributed by atoms with Crippen LogP contribution in [0.5, 0.6) is 0 Å². The van der Waals surface area contributed by atoms with Crippen molar-refractivity contribution in [2.24, 2.45) is 0 Å². The molecule has 0 saturated carbocycles. The summed E-state index contributed by atoms with van der Waals surface area (Å²) in [6.45, 7) is 2.14. The van der Waals surface area contributed by atoms with Crippen LogP contribution in [0.2, 0.25) is 0 Å². The molecule has 1 N–H and O–H groups in total. The highest BCUT2D eigenvalue weighted by Crippen LogP contribution is 2.28. The summed E-state index contributed by atoms with van der Waals surface area (Å²) in [5, 5.41) is 18.2. The predicted octanol–water partition coefficient (Wildman–Crippen LogP) is 4.24. The van der Waals surface area contributed by atoms with Gasteiger partial charge in [0.1, 0.15) is 6.33 Å². The van der Waals surface area contributed by atoms with Crippen LogP contribution in [0, 0.1) is 10.1 Å². The molecule has 160 valence electrons. The molecule has 3 aromatic rings. The molecule has 9 nitrogen and oxygen atoms in total. The Hall–Kier alpha value is -3.27. The third-order valence-electron chi connectivity index (χ3n) is 5.15. The van der Waals surface area contributed by atoms with Crippen molar-refractivity contribution in [2.75, 3.05) is 23.3 Å². The Balaban J connectivity index is 1.53. The maximum Gasteiger partial charge on any atom is 0.270 e. The van der Waals surface area contributed by atoms with Gasteiger partial charge in [0.05, 0.1) is 22.7 Å². The van der Waals surface area contributed by atoms with E-state index in [1.54, 1.807) is 10.7 Å². The van der Waals surface area contributed by atoms with Gasteiger partial charge < -0.3 is 4.90 Å². The van der Waals surface area contributed by atoms with Gasteiger partial charge in [0.2, 0.25) is 5.95 Å². The molecule has 10 heteroatoms. The molecule has 1 aromatic heterocycles. The van der Waals surface area contributed by atoms with Gasteiger partial charge in [0, 0.05) is 29.7 Å². The summed E-state index contributed by atoms with van der Waals surface area (Å²) in [6.07, 6.45) is 4.74. The standard InChI is InChI=1S/C21H21BrN6O3/c22-16-6-4-15(5-7-16)13-27-14-23-21(25-27)24-20(29)18-12-17(28(30)31)8-9-19(18)26-10-2-1-3-11-26/h4-9,12,14H,1-3,10-11,13H2,(H,24,25,29). The minimum atomic E-state index is -0.498. The van der Waals surface area contributed by atoms with Gasteiger partial charge in [-0.1, -0.05) is 28.1 Å². The highest BCUT2D eigenvalue weighted by atomic mass is 79.9. The summed E-state index contributed by atoms with van der Waals surface area (Å²) >= 11 is 3.40. The zero-order valence-corrected chi connectivity index (χ0v) is 18.3. The van der Waals surface area contributed by atoms with Crippen molar-refractivity contribution >= 4 is 39.2 Å². The first kappa shape index (κ1) is 21.0. The molecule has 0 spiro atoms.